The van der Waals surface area contributed by atoms with Gasteiger partial charge in [-0.05, 0) is 48.4 Å². The number of aliphatic hydroxyl groups is 1. The lowest BCUT2D eigenvalue weighted by molar-refractivity contribution is -0.144. The number of aliphatic hydroxyl groups excluding tert-OH is 1. The highest BCUT2D eigenvalue weighted by Gasteiger charge is 2.63. The number of nitrogens with zero attached hydrogens (tertiary/aromatic N) is 1. The zero-order valence-electron chi connectivity index (χ0n) is 22.8. The first-order valence-electron chi connectivity index (χ1n) is 12.8. The number of piperidine rings is 1. The Labute approximate surface area is 240 Å². The summed E-state index contributed by atoms with van der Waals surface area (Å²) in [6.45, 7) is 13.9. The Morgan fingerprint density at radius 3 is 2.53 bits per heavy atom. The van der Waals surface area contributed by atoms with E-state index in [1.165, 1.54) is 6.04 Å². The van der Waals surface area contributed by atoms with Crippen molar-refractivity contribution in [1.82, 2.24) is 4.90 Å². The Balaban J connectivity index is 0.000000436. The molecule has 0 aliphatic carbocycles. The average molecular weight is 622 g/mol. The van der Waals surface area contributed by atoms with Crippen molar-refractivity contribution in [1.29, 1.82) is 0 Å². The summed E-state index contributed by atoms with van der Waals surface area (Å²) < 4.78 is 5.80. The number of β-amino-alcohol motifs (C(OH)–C–C–N with tert-alkyl or cyclic N) is 1. The zero-order chi connectivity index (χ0) is 28.3. The van der Waals surface area contributed by atoms with Crippen LogP contribution in [0.25, 0.3) is 0 Å². The summed E-state index contributed by atoms with van der Waals surface area (Å²) in [7, 11) is 0.961. The SMILES string of the molecule is C=C(C)[C@H]1N(CCO)C(=O)C[C@@H](c2cccc(Cl)c2)[C@]12C(=O)Nc1cc(Br)ccc12.COCC[Si](C)(C)C. The molecule has 4 rings (SSSR count). The van der Waals surface area contributed by atoms with Gasteiger partial charge < -0.3 is 20.1 Å². The van der Waals surface area contributed by atoms with Gasteiger partial charge in [0.15, 0.2) is 0 Å². The van der Waals surface area contributed by atoms with E-state index in [0.29, 0.717) is 16.3 Å². The fraction of sp³-hybridized carbons (Fsp3) is 0.448. The van der Waals surface area contributed by atoms with Crippen LogP contribution >= 0.6 is 27.5 Å². The van der Waals surface area contributed by atoms with Gasteiger partial charge in [0, 0.05) is 55.9 Å². The summed E-state index contributed by atoms with van der Waals surface area (Å²) >= 11 is 9.75. The second kappa shape index (κ2) is 12.5. The van der Waals surface area contributed by atoms with E-state index in [4.69, 9.17) is 16.3 Å². The predicted octanol–water partition coefficient (Wildman–Crippen LogP) is 6.22. The minimum Gasteiger partial charge on any atom is -0.395 e. The highest BCUT2D eigenvalue weighted by Crippen LogP contribution is 2.56. The smallest absolute Gasteiger partial charge is 0.238 e. The third-order valence-corrected chi connectivity index (χ3v) is 9.59. The lowest BCUT2D eigenvalue weighted by atomic mass is 9.58. The minimum absolute atomic E-state index is 0.119. The van der Waals surface area contributed by atoms with E-state index in [9.17, 15) is 14.7 Å². The van der Waals surface area contributed by atoms with Crippen LogP contribution in [0.15, 0.2) is 59.1 Å². The molecule has 1 fully saturated rings. The first-order valence-corrected chi connectivity index (χ1v) is 17.7. The molecule has 38 heavy (non-hydrogen) atoms. The molecule has 0 bridgehead atoms. The Kier molecular flexibility index (Phi) is 10.0. The Hall–Kier alpha value is -1.97. The fourth-order valence-electron chi connectivity index (χ4n) is 5.51. The number of carbonyl (C=O) groups is 2. The Morgan fingerprint density at radius 2 is 1.97 bits per heavy atom. The van der Waals surface area contributed by atoms with Gasteiger partial charge in [0.2, 0.25) is 11.8 Å². The molecule has 6 nitrogen and oxygen atoms in total. The van der Waals surface area contributed by atoms with Gasteiger partial charge in [0.25, 0.3) is 0 Å². The first-order chi connectivity index (χ1) is 17.9. The molecule has 2 N–H and O–H groups in total. The number of fused-ring (bicyclic) bond motifs is 2. The summed E-state index contributed by atoms with van der Waals surface area (Å²) in [6, 6.07) is 13.7. The maximum absolute atomic E-state index is 13.8. The molecule has 0 unspecified atom stereocenters. The van der Waals surface area contributed by atoms with E-state index >= 15 is 0 Å². The lowest BCUT2D eigenvalue weighted by Crippen LogP contribution is -2.64. The van der Waals surface area contributed by atoms with Crippen LogP contribution in [0.2, 0.25) is 30.7 Å². The molecule has 2 heterocycles. The van der Waals surface area contributed by atoms with Gasteiger partial charge in [-0.2, -0.15) is 0 Å². The molecule has 206 valence electrons. The van der Waals surface area contributed by atoms with Crippen LogP contribution in [-0.4, -0.2) is 62.8 Å². The lowest BCUT2D eigenvalue weighted by Gasteiger charge is -2.51. The van der Waals surface area contributed by atoms with Gasteiger partial charge in [0.05, 0.1) is 12.6 Å². The average Bonchev–Trinajstić information content (AvgIpc) is 3.10. The number of rotatable bonds is 7. The summed E-state index contributed by atoms with van der Waals surface area (Å²) in [5.74, 6) is -0.724. The zero-order valence-corrected chi connectivity index (χ0v) is 26.2. The summed E-state index contributed by atoms with van der Waals surface area (Å²) in [4.78, 5) is 28.5. The number of nitrogens with one attached hydrogen (secondary N) is 1. The van der Waals surface area contributed by atoms with E-state index in [2.05, 4.69) is 47.5 Å². The number of anilines is 1. The summed E-state index contributed by atoms with van der Waals surface area (Å²) in [5.41, 5.74) is 1.98. The Bertz CT molecular complexity index is 1200. The number of hydrogen-bond donors (Lipinski definition) is 2. The molecular weight excluding hydrogens is 584 g/mol. The van der Waals surface area contributed by atoms with E-state index in [1.807, 2.05) is 43.3 Å². The molecule has 9 heteroatoms. The molecule has 0 aromatic heterocycles. The highest BCUT2D eigenvalue weighted by atomic mass is 79.9. The van der Waals surface area contributed by atoms with Crippen molar-refractivity contribution in [3.63, 3.8) is 0 Å². The number of amides is 2. The number of carbonyl (C=O) groups excluding carboxylic acids is 2. The standard InChI is InChI=1S/C23H22BrClN2O3.C6H16OSi/c1-13(2)21-23(17-7-6-15(24)11-19(17)26-22(23)30)18(12-20(29)27(21)8-9-28)14-4-3-5-16(25)10-14;1-7-5-6-8(2,3)4/h3-7,10-11,18,21,28H,1,8-9,12H2,2H3,(H,26,30);5-6H2,1-4H3/t18-,21+,23-;/m0./s1. The van der Waals surface area contributed by atoms with E-state index < -0.39 is 25.4 Å². The van der Waals surface area contributed by atoms with Crippen LogP contribution in [0, 0.1) is 0 Å². The van der Waals surface area contributed by atoms with E-state index in [-0.39, 0.29) is 31.4 Å². The molecule has 0 radical (unpaired) electrons. The number of benzene rings is 2. The third kappa shape index (κ3) is 6.26. The number of ether oxygens (including phenoxy) is 1. The van der Waals surface area contributed by atoms with Gasteiger partial charge >= 0.3 is 0 Å². The number of halogens is 2. The van der Waals surface area contributed by atoms with Crippen LogP contribution < -0.4 is 5.32 Å². The van der Waals surface area contributed by atoms with Gasteiger partial charge in [-0.25, -0.2) is 0 Å². The molecule has 2 amide bonds. The van der Waals surface area contributed by atoms with E-state index in [0.717, 1.165) is 22.2 Å². The Morgan fingerprint density at radius 1 is 1.26 bits per heavy atom. The molecule has 2 aliphatic heterocycles. The normalized spacial score (nSPS) is 22.6. The third-order valence-electron chi connectivity index (χ3n) is 7.16. The van der Waals surface area contributed by atoms with Gasteiger partial charge in [-0.15, -0.1) is 0 Å². The van der Waals surface area contributed by atoms with Crippen LogP contribution in [0.5, 0.6) is 0 Å². The van der Waals surface area contributed by atoms with Crippen molar-refractivity contribution in [3.05, 3.63) is 75.2 Å². The van der Waals surface area contributed by atoms with Crippen molar-refractivity contribution >= 4 is 53.1 Å². The topological polar surface area (TPSA) is 78.9 Å². The molecule has 3 atom stereocenters. The molecule has 1 spiro atoms. The number of hydrogen-bond acceptors (Lipinski definition) is 4. The second-order valence-electron chi connectivity index (χ2n) is 11.2. The molecular formula is C29H38BrClN2O4Si. The summed E-state index contributed by atoms with van der Waals surface area (Å²) in [6.07, 6.45) is 0.132. The quantitative estimate of drug-likeness (QED) is 0.284. The maximum Gasteiger partial charge on any atom is 0.238 e. The van der Waals surface area contributed by atoms with Crippen molar-refractivity contribution in [2.45, 2.75) is 56.4 Å². The van der Waals surface area contributed by atoms with Crippen molar-refractivity contribution in [3.8, 4) is 0 Å². The maximum atomic E-state index is 13.8. The largest absolute Gasteiger partial charge is 0.395 e. The predicted molar refractivity (Wildman–Crippen MR) is 161 cm³/mol. The number of methoxy groups -OCH3 is 1. The van der Waals surface area contributed by atoms with Gasteiger partial charge in [-0.1, -0.05) is 77.5 Å². The van der Waals surface area contributed by atoms with Crippen LogP contribution in [0.1, 0.15) is 30.4 Å². The van der Waals surface area contributed by atoms with Crippen molar-refractivity contribution in [2.75, 3.05) is 32.2 Å². The van der Waals surface area contributed by atoms with Crippen molar-refractivity contribution < 1.29 is 19.4 Å². The van der Waals surface area contributed by atoms with Crippen LogP contribution in [-0.2, 0) is 19.7 Å². The highest BCUT2D eigenvalue weighted by molar-refractivity contribution is 9.10. The molecule has 0 saturated carbocycles. The first kappa shape index (κ1) is 30.6. The monoisotopic (exact) mass is 620 g/mol. The van der Waals surface area contributed by atoms with Crippen molar-refractivity contribution in [2.24, 2.45) is 0 Å². The second-order valence-corrected chi connectivity index (χ2v) is 18.2. The molecule has 2 aliphatic rings. The van der Waals surface area contributed by atoms with Crippen LogP contribution in [0.4, 0.5) is 5.69 Å². The van der Waals surface area contributed by atoms with Gasteiger partial charge in [0.1, 0.15) is 5.41 Å². The summed E-state index contributed by atoms with van der Waals surface area (Å²) in [5, 5.41) is 13.2. The molecule has 2 aromatic carbocycles. The van der Waals surface area contributed by atoms with E-state index in [1.54, 1.807) is 18.1 Å². The number of likely N-dealkylation sites (tertiary alicyclic amines) is 1. The van der Waals surface area contributed by atoms with Crippen LogP contribution in [0.3, 0.4) is 0 Å². The van der Waals surface area contributed by atoms with Gasteiger partial charge in [-0.3, -0.25) is 9.59 Å². The molecule has 1 saturated heterocycles. The fourth-order valence-corrected chi connectivity index (χ4v) is 6.88. The molecule has 2 aromatic rings. The minimum atomic E-state index is -1.07.